The van der Waals surface area contributed by atoms with E-state index in [0.717, 1.165) is 82.9 Å². The summed E-state index contributed by atoms with van der Waals surface area (Å²) in [5.74, 6) is 14.5. The summed E-state index contributed by atoms with van der Waals surface area (Å²) < 4.78 is 0. The SMILES string of the molecule is CC1(C)C2CC(C3C4C=CC(C4)C32)C1(C)C.CC1C(C)C2CC1C1C2C2CC1C(C)(C)C2(C)C. The minimum Gasteiger partial charge on any atom is -0.0848 e. The standard InChI is InChI=1S/C18H30.C16H24/c1-9-10(2)12-7-11(9)15-13-8-14(16(12)15)18(5,6)17(13,3)4;1-15(2)11-8-12(16(15,3)4)14-10-6-5-9(7-10)13(11)14/h9-16H,7-8H2,1-6H3;5-6,9-14H,7-8H2,1-4H3. The van der Waals surface area contributed by atoms with Gasteiger partial charge in [-0.2, -0.15) is 0 Å². The van der Waals surface area contributed by atoms with Gasteiger partial charge in [0.15, 0.2) is 0 Å². The lowest BCUT2D eigenvalue weighted by molar-refractivity contribution is -0.0704. The zero-order valence-corrected chi connectivity index (χ0v) is 24.1. The van der Waals surface area contributed by atoms with Crippen LogP contribution in [0.3, 0.4) is 0 Å². The number of allylic oxidation sites excluding steroid dienone is 2. The molecule has 8 aliphatic rings. The first-order valence-corrected chi connectivity index (χ1v) is 15.4. The van der Waals surface area contributed by atoms with Crippen molar-refractivity contribution in [3.8, 4) is 0 Å². The van der Waals surface area contributed by atoms with Crippen molar-refractivity contribution >= 4 is 0 Å². The van der Waals surface area contributed by atoms with E-state index in [4.69, 9.17) is 0 Å². The van der Waals surface area contributed by atoms with Gasteiger partial charge in [0.2, 0.25) is 0 Å². The molecule has 0 radical (unpaired) electrons. The van der Waals surface area contributed by atoms with Crippen LogP contribution in [0.1, 0.15) is 94.9 Å². The number of fused-ring (bicyclic) bond motifs is 18. The highest BCUT2D eigenvalue weighted by molar-refractivity contribution is 5.25. The number of hydrogen-bond donors (Lipinski definition) is 0. The highest BCUT2D eigenvalue weighted by Gasteiger charge is 2.73. The summed E-state index contributed by atoms with van der Waals surface area (Å²) in [5, 5.41) is 0. The summed E-state index contributed by atoms with van der Waals surface area (Å²) in [5.41, 5.74) is 2.28. The lowest BCUT2D eigenvalue weighted by Crippen LogP contribution is -2.50. The second-order valence-electron chi connectivity index (χ2n) is 17.3. The van der Waals surface area contributed by atoms with Crippen molar-refractivity contribution in [3.63, 3.8) is 0 Å². The van der Waals surface area contributed by atoms with Gasteiger partial charge >= 0.3 is 0 Å². The van der Waals surface area contributed by atoms with E-state index >= 15 is 0 Å². The number of hydrogen-bond acceptors (Lipinski definition) is 0. The molecule has 190 valence electrons. The first kappa shape index (κ1) is 22.9. The lowest BCUT2D eigenvalue weighted by Gasteiger charge is -2.55. The van der Waals surface area contributed by atoms with Gasteiger partial charge in [0.05, 0.1) is 0 Å². The van der Waals surface area contributed by atoms with E-state index in [1.54, 1.807) is 12.8 Å². The van der Waals surface area contributed by atoms with E-state index in [0.29, 0.717) is 21.7 Å². The van der Waals surface area contributed by atoms with Crippen LogP contribution in [0.25, 0.3) is 0 Å². The fourth-order valence-corrected chi connectivity index (χ4v) is 13.5. The second-order valence-corrected chi connectivity index (χ2v) is 17.3. The van der Waals surface area contributed by atoms with Gasteiger partial charge in [-0.25, -0.2) is 0 Å². The summed E-state index contributed by atoms with van der Waals surface area (Å²) in [6.07, 6.45) is 11.3. The van der Waals surface area contributed by atoms with Gasteiger partial charge in [0, 0.05) is 0 Å². The van der Waals surface area contributed by atoms with E-state index in [9.17, 15) is 0 Å². The first-order valence-electron chi connectivity index (χ1n) is 15.4. The van der Waals surface area contributed by atoms with Crippen molar-refractivity contribution < 1.29 is 0 Å². The van der Waals surface area contributed by atoms with Crippen molar-refractivity contribution in [2.24, 2.45) is 105 Å². The second kappa shape index (κ2) is 6.41. The molecule has 7 fully saturated rings. The van der Waals surface area contributed by atoms with E-state index in [1.165, 1.54) is 12.8 Å². The van der Waals surface area contributed by atoms with Crippen LogP contribution in [0.15, 0.2) is 12.2 Å². The summed E-state index contributed by atoms with van der Waals surface area (Å²) in [6.45, 7) is 25.6. The maximum atomic E-state index is 2.58. The van der Waals surface area contributed by atoms with Gasteiger partial charge in [0.1, 0.15) is 0 Å². The first-order chi connectivity index (χ1) is 15.7. The monoisotopic (exact) mass is 462 g/mol. The summed E-state index contributed by atoms with van der Waals surface area (Å²) >= 11 is 0. The molecule has 14 unspecified atom stereocenters. The Morgan fingerprint density at radius 3 is 1.12 bits per heavy atom. The Morgan fingerprint density at radius 2 is 0.765 bits per heavy atom. The van der Waals surface area contributed by atoms with Crippen LogP contribution in [0.4, 0.5) is 0 Å². The van der Waals surface area contributed by atoms with E-state index in [-0.39, 0.29) is 0 Å². The molecule has 8 rings (SSSR count). The highest BCUT2D eigenvalue weighted by atomic mass is 14.8. The van der Waals surface area contributed by atoms with Crippen molar-refractivity contribution in [2.75, 3.05) is 0 Å². The minimum atomic E-state index is 0.567. The van der Waals surface area contributed by atoms with Gasteiger partial charge < -0.3 is 0 Å². The molecule has 0 amide bonds. The van der Waals surface area contributed by atoms with Crippen LogP contribution >= 0.6 is 0 Å². The Kier molecular flexibility index (Phi) is 4.32. The molecular formula is C34H54. The largest absolute Gasteiger partial charge is 0.0848 e. The van der Waals surface area contributed by atoms with Crippen LogP contribution < -0.4 is 0 Å². The fourth-order valence-electron chi connectivity index (χ4n) is 13.5. The third-order valence-corrected chi connectivity index (χ3v) is 16.6. The third-order valence-electron chi connectivity index (χ3n) is 16.6. The molecule has 0 spiro atoms. The molecular weight excluding hydrogens is 408 g/mol. The Balaban J connectivity index is 0.000000118. The average Bonchev–Trinajstić information content (AvgIpc) is 3.56. The Hall–Kier alpha value is -0.260. The molecule has 0 heterocycles. The molecule has 0 aromatic heterocycles. The summed E-state index contributed by atoms with van der Waals surface area (Å²) in [4.78, 5) is 0. The molecule has 0 nitrogen and oxygen atoms in total. The van der Waals surface area contributed by atoms with E-state index in [2.05, 4.69) is 81.4 Å². The topological polar surface area (TPSA) is 0 Å². The summed E-state index contributed by atoms with van der Waals surface area (Å²) in [7, 11) is 0. The molecule has 0 saturated heterocycles. The molecule has 0 aromatic rings. The van der Waals surface area contributed by atoms with Gasteiger partial charge in [-0.05, 0) is 130 Å². The quantitative estimate of drug-likeness (QED) is 0.249. The maximum Gasteiger partial charge on any atom is -0.0194 e. The Bertz CT molecular complexity index is 844. The van der Waals surface area contributed by atoms with Crippen LogP contribution in [0.5, 0.6) is 0 Å². The predicted molar refractivity (Wildman–Crippen MR) is 143 cm³/mol. The minimum absolute atomic E-state index is 0.567. The molecule has 0 N–H and O–H groups in total. The van der Waals surface area contributed by atoms with Crippen molar-refractivity contribution in [3.05, 3.63) is 12.2 Å². The average molecular weight is 463 g/mol. The zero-order chi connectivity index (χ0) is 24.3. The van der Waals surface area contributed by atoms with Crippen molar-refractivity contribution in [1.82, 2.24) is 0 Å². The van der Waals surface area contributed by atoms with Crippen LogP contribution in [0.2, 0.25) is 0 Å². The Labute approximate surface area is 211 Å². The van der Waals surface area contributed by atoms with Crippen LogP contribution in [-0.4, -0.2) is 0 Å². The van der Waals surface area contributed by atoms with Gasteiger partial charge in [-0.1, -0.05) is 81.4 Å². The lowest BCUT2D eigenvalue weighted by atomic mass is 9.50. The molecule has 0 heteroatoms. The normalized spacial score (nSPS) is 60.4. The van der Waals surface area contributed by atoms with Gasteiger partial charge in [-0.15, -0.1) is 0 Å². The maximum absolute atomic E-state index is 2.58. The third kappa shape index (κ3) is 2.28. The Morgan fingerprint density at radius 1 is 0.441 bits per heavy atom. The molecule has 0 aliphatic heterocycles. The van der Waals surface area contributed by atoms with Crippen molar-refractivity contribution in [1.29, 1.82) is 0 Å². The molecule has 8 bridgehead atoms. The van der Waals surface area contributed by atoms with Crippen LogP contribution in [-0.2, 0) is 0 Å². The van der Waals surface area contributed by atoms with E-state index < -0.39 is 0 Å². The highest BCUT2D eigenvalue weighted by Crippen LogP contribution is 2.79. The zero-order valence-electron chi connectivity index (χ0n) is 24.1. The van der Waals surface area contributed by atoms with Gasteiger partial charge in [0.25, 0.3) is 0 Å². The number of rotatable bonds is 0. The molecule has 8 aliphatic carbocycles. The van der Waals surface area contributed by atoms with Crippen LogP contribution in [0, 0.1) is 105 Å². The molecule has 0 aromatic carbocycles. The fraction of sp³-hybridized carbons (Fsp3) is 0.941. The predicted octanol–water partition coefficient (Wildman–Crippen LogP) is 8.97. The smallest absolute Gasteiger partial charge is 0.0194 e. The van der Waals surface area contributed by atoms with Gasteiger partial charge in [-0.3, -0.25) is 0 Å². The molecule has 7 saturated carbocycles. The molecule has 34 heavy (non-hydrogen) atoms. The molecule has 14 atom stereocenters. The van der Waals surface area contributed by atoms with E-state index in [1.807, 2.05) is 0 Å². The van der Waals surface area contributed by atoms with Crippen molar-refractivity contribution in [2.45, 2.75) is 94.9 Å². The summed E-state index contributed by atoms with van der Waals surface area (Å²) in [6, 6.07) is 0.